The van der Waals surface area contributed by atoms with E-state index in [0.29, 0.717) is 29.6 Å². The van der Waals surface area contributed by atoms with Crippen molar-refractivity contribution in [3.63, 3.8) is 0 Å². The van der Waals surface area contributed by atoms with E-state index < -0.39 is 5.91 Å². The number of rotatable bonds is 7. The number of hydrogen-bond acceptors (Lipinski definition) is 8. The molecule has 1 heterocycles. The Labute approximate surface area is 142 Å². The third kappa shape index (κ3) is 4.13. The van der Waals surface area contributed by atoms with Gasteiger partial charge in [-0.25, -0.2) is 4.98 Å². The van der Waals surface area contributed by atoms with E-state index in [4.69, 9.17) is 20.4 Å². The lowest BCUT2D eigenvalue weighted by Gasteiger charge is -2.10. The topological polar surface area (TPSA) is 119 Å². The summed E-state index contributed by atoms with van der Waals surface area (Å²) >= 11 is 1.16. The number of methoxy groups -OCH3 is 2. The van der Waals surface area contributed by atoms with Crippen LogP contribution in [0.5, 0.6) is 11.5 Å². The van der Waals surface area contributed by atoms with Crippen LogP contribution in [-0.4, -0.2) is 42.6 Å². The molecule has 0 aliphatic rings. The van der Waals surface area contributed by atoms with E-state index in [1.165, 1.54) is 0 Å². The van der Waals surface area contributed by atoms with E-state index in [9.17, 15) is 4.79 Å². The van der Waals surface area contributed by atoms with E-state index in [1.54, 1.807) is 25.7 Å². The molecule has 0 saturated carbocycles. The van der Waals surface area contributed by atoms with E-state index >= 15 is 0 Å². The summed E-state index contributed by atoms with van der Waals surface area (Å²) in [4.78, 5) is 16.0. The molecule has 4 N–H and O–H groups in total. The van der Waals surface area contributed by atoms with Crippen LogP contribution in [0.4, 0.5) is 5.13 Å². The molecule has 0 unspecified atom stereocenters. The second-order valence-corrected chi connectivity index (χ2v) is 5.60. The van der Waals surface area contributed by atoms with Gasteiger partial charge < -0.3 is 25.7 Å². The van der Waals surface area contributed by atoms with Crippen LogP contribution in [0.3, 0.4) is 0 Å². The molecule has 0 atom stereocenters. The average Bonchev–Trinajstić information content (AvgIpc) is 3.01. The summed E-state index contributed by atoms with van der Waals surface area (Å²) in [7, 11) is 3.13. The highest BCUT2D eigenvalue weighted by Gasteiger charge is 2.17. The molecule has 128 valence electrons. The normalized spacial score (nSPS) is 11.2. The third-order valence-corrected chi connectivity index (χ3v) is 3.90. The SMILES string of the molecule is COc1ccc(CCNC(=O)/C(=N\O)c2csc(N)n2)cc1OC. The number of nitrogens with two attached hydrogens (primary N) is 1. The standard InChI is InChI=1S/C15H18N4O4S/c1-22-11-4-3-9(7-12(11)23-2)5-6-17-14(20)13(19-21)10-8-24-15(16)18-10/h3-4,7-8,21H,5-6H2,1-2H3,(H2,16,18)(H,17,20)/b19-13-. The van der Waals surface area contributed by atoms with Gasteiger partial charge in [0, 0.05) is 11.9 Å². The van der Waals surface area contributed by atoms with Gasteiger partial charge in [0.05, 0.1) is 14.2 Å². The molecule has 0 saturated heterocycles. The van der Waals surface area contributed by atoms with Crippen LogP contribution in [0.25, 0.3) is 0 Å². The lowest BCUT2D eigenvalue weighted by Crippen LogP contribution is -2.33. The Morgan fingerprint density at radius 1 is 1.38 bits per heavy atom. The Bertz CT molecular complexity index is 745. The minimum absolute atomic E-state index is 0.171. The van der Waals surface area contributed by atoms with Crippen LogP contribution in [0, 0.1) is 0 Å². The molecule has 0 bridgehead atoms. The Kier molecular flexibility index (Phi) is 5.96. The molecule has 2 aromatic rings. The van der Waals surface area contributed by atoms with Crippen LogP contribution in [0.15, 0.2) is 28.7 Å². The van der Waals surface area contributed by atoms with Crippen molar-refractivity contribution in [1.82, 2.24) is 10.3 Å². The third-order valence-electron chi connectivity index (χ3n) is 3.23. The zero-order valence-corrected chi connectivity index (χ0v) is 14.1. The predicted octanol–water partition coefficient (Wildman–Crippen LogP) is 1.28. The lowest BCUT2D eigenvalue weighted by atomic mass is 10.1. The van der Waals surface area contributed by atoms with E-state index in [1.807, 2.05) is 12.1 Å². The average molecular weight is 350 g/mol. The first-order valence-corrected chi connectivity index (χ1v) is 7.89. The summed E-state index contributed by atoms with van der Waals surface area (Å²) in [6, 6.07) is 5.53. The first-order chi connectivity index (χ1) is 11.6. The Morgan fingerprint density at radius 2 is 2.12 bits per heavy atom. The van der Waals surface area contributed by atoms with Gasteiger partial charge in [0.15, 0.2) is 22.3 Å². The summed E-state index contributed by atoms with van der Waals surface area (Å²) in [5, 5.41) is 16.6. The fourth-order valence-corrected chi connectivity index (χ4v) is 2.60. The van der Waals surface area contributed by atoms with Gasteiger partial charge in [-0.15, -0.1) is 11.3 Å². The number of benzene rings is 1. The second kappa shape index (κ2) is 8.16. The van der Waals surface area contributed by atoms with Crippen molar-refractivity contribution in [1.29, 1.82) is 0 Å². The molecular formula is C15H18N4O4S. The summed E-state index contributed by atoms with van der Waals surface area (Å²) in [5.41, 5.74) is 6.55. The molecule has 0 radical (unpaired) electrons. The van der Waals surface area contributed by atoms with E-state index in [-0.39, 0.29) is 11.4 Å². The van der Waals surface area contributed by atoms with Gasteiger partial charge in [-0.05, 0) is 24.1 Å². The molecule has 0 spiro atoms. The fourth-order valence-electron chi connectivity index (χ4n) is 2.05. The monoisotopic (exact) mass is 350 g/mol. The number of anilines is 1. The second-order valence-electron chi connectivity index (χ2n) is 4.71. The number of nitrogens with one attached hydrogen (secondary N) is 1. The van der Waals surface area contributed by atoms with Gasteiger partial charge in [-0.3, -0.25) is 4.79 Å². The highest BCUT2D eigenvalue weighted by molar-refractivity contribution is 7.13. The zero-order valence-electron chi connectivity index (χ0n) is 13.3. The molecule has 1 aromatic carbocycles. The highest BCUT2D eigenvalue weighted by Crippen LogP contribution is 2.27. The molecule has 24 heavy (non-hydrogen) atoms. The van der Waals surface area contributed by atoms with Crippen molar-refractivity contribution < 1.29 is 19.5 Å². The van der Waals surface area contributed by atoms with Gasteiger partial charge in [-0.1, -0.05) is 11.2 Å². The molecule has 9 heteroatoms. The predicted molar refractivity (Wildman–Crippen MR) is 91.1 cm³/mol. The van der Waals surface area contributed by atoms with Crippen LogP contribution in [0.1, 0.15) is 11.3 Å². The fraction of sp³-hybridized carbons (Fsp3) is 0.267. The van der Waals surface area contributed by atoms with Crippen LogP contribution in [0.2, 0.25) is 0 Å². The molecular weight excluding hydrogens is 332 g/mol. The molecule has 2 rings (SSSR count). The number of nitrogens with zero attached hydrogens (tertiary/aromatic N) is 2. The van der Waals surface area contributed by atoms with Crippen molar-refractivity contribution in [2.24, 2.45) is 5.16 Å². The van der Waals surface area contributed by atoms with Crippen LogP contribution < -0.4 is 20.5 Å². The smallest absolute Gasteiger partial charge is 0.275 e. The first-order valence-electron chi connectivity index (χ1n) is 7.01. The number of amides is 1. The Balaban J connectivity index is 1.95. The van der Waals surface area contributed by atoms with Crippen molar-refractivity contribution in [3.8, 4) is 11.5 Å². The van der Waals surface area contributed by atoms with Crippen molar-refractivity contribution in [3.05, 3.63) is 34.8 Å². The minimum atomic E-state index is -0.525. The number of carbonyl (C=O) groups excluding carboxylic acids is 1. The maximum Gasteiger partial charge on any atom is 0.275 e. The molecule has 1 aromatic heterocycles. The summed E-state index contributed by atoms with van der Waals surface area (Å²) in [6.07, 6.45) is 0.573. The number of ether oxygens (including phenoxy) is 2. The van der Waals surface area contributed by atoms with Gasteiger partial charge in [0.1, 0.15) is 5.69 Å². The number of thiazole rings is 1. The van der Waals surface area contributed by atoms with Gasteiger partial charge in [-0.2, -0.15) is 0 Å². The molecule has 0 aliphatic heterocycles. The molecule has 0 fully saturated rings. The summed E-state index contributed by atoms with van der Waals surface area (Å²) < 4.78 is 10.4. The summed E-state index contributed by atoms with van der Waals surface area (Å²) in [5.74, 6) is 0.737. The van der Waals surface area contributed by atoms with Crippen LogP contribution in [-0.2, 0) is 11.2 Å². The zero-order chi connectivity index (χ0) is 17.5. The quantitative estimate of drug-likeness (QED) is 0.393. The lowest BCUT2D eigenvalue weighted by molar-refractivity contribution is -0.114. The van der Waals surface area contributed by atoms with Gasteiger partial charge >= 0.3 is 0 Å². The number of aromatic nitrogens is 1. The largest absolute Gasteiger partial charge is 0.493 e. The van der Waals surface area contributed by atoms with E-state index in [2.05, 4.69) is 15.5 Å². The van der Waals surface area contributed by atoms with E-state index in [0.717, 1.165) is 16.9 Å². The summed E-state index contributed by atoms with van der Waals surface area (Å²) in [6.45, 7) is 0.354. The van der Waals surface area contributed by atoms with Crippen molar-refractivity contribution in [2.45, 2.75) is 6.42 Å². The first kappa shape index (κ1) is 17.5. The number of oxime groups is 1. The number of carbonyl (C=O) groups is 1. The highest BCUT2D eigenvalue weighted by atomic mass is 32.1. The van der Waals surface area contributed by atoms with Gasteiger partial charge in [0.25, 0.3) is 5.91 Å². The van der Waals surface area contributed by atoms with Crippen molar-refractivity contribution in [2.75, 3.05) is 26.5 Å². The minimum Gasteiger partial charge on any atom is -0.493 e. The molecule has 8 nitrogen and oxygen atoms in total. The maximum absolute atomic E-state index is 12.1. The molecule has 0 aliphatic carbocycles. The number of nitrogen functional groups attached to an aromatic ring is 1. The van der Waals surface area contributed by atoms with Gasteiger partial charge in [0.2, 0.25) is 0 Å². The maximum atomic E-state index is 12.1. The number of hydrogen-bond donors (Lipinski definition) is 3. The van der Waals surface area contributed by atoms with Crippen LogP contribution >= 0.6 is 11.3 Å². The van der Waals surface area contributed by atoms with Crippen molar-refractivity contribution >= 4 is 28.1 Å². The Morgan fingerprint density at radius 3 is 2.71 bits per heavy atom. The molecule has 1 amide bonds. The Hall–Kier alpha value is -2.81.